The molecule has 0 aliphatic rings. The predicted octanol–water partition coefficient (Wildman–Crippen LogP) is 4.01. The Morgan fingerprint density at radius 1 is 1.10 bits per heavy atom. The molecule has 0 atom stereocenters. The van der Waals surface area contributed by atoms with Crippen LogP contribution in [0.1, 0.15) is 5.56 Å². The highest BCUT2D eigenvalue weighted by Gasteiger charge is 2.15. The summed E-state index contributed by atoms with van der Waals surface area (Å²) in [7, 11) is 0. The maximum absolute atomic E-state index is 9.39. The van der Waals surface area contributed by atoms with Gasteiger partial charge >= 0.3 is 0 Å². The van der Waals surface area contributed by atoms with Crippen molar-refractivity contribution in [3.05, 3.63) is 59.1 Å². The lowest BCUT2D eigenvalue weighted by molar-refractivity contribution is 1.37. The van der Waals surface area contributed by atoms with E-state index in [-0.39, 0.29) is 5.82 Å². The van der Waals surface area contributed by atoms with Crippen molar-refractivity contribution in [2.24, 2.45) is 0 Å². The Hall–Kier alpha value is -2.57. The van der Waals surface area contributed by atoms with Crippen molar-refractivity contribution in [3.63, 3.8) is 0 Å². The van der Waals surface area contributed by atoms with Crippen LogP contribution < -0.4 is 5.73 Å². The molecular weight excluding hydrogens is 270 g/mol. The molecule has 0 saturated carbocycles. The molecule has 0 fully saturated rings. The number of hydrogen-bond donors (Lipinski definition) is 1. The van der Waals surface area contributed by atoms with E-state index in [0.29, 0.717) is 10.6 Å². The van der Waals surface area contributed by atoms with Crippen molar-refractivity contribution in [2.75, 3.05) is 5.73 Å². The van der Waals surface area contributed by atoms with E-state index in [1.54, 1.807) is 6.07 Å². The Labute approximate surface area is 121 Å². The van der Waals surface area contributed by atoms with Gasteiger partial charge in [0.15, 0.2) is 0 Å². The van der Waals surface area contributed by atoms with Crippen molar-refractivity contribution >= 4 is 28.3 Å². The van der Waals surface area contributed by atoms with E-state index >= 15 is 0 Å². The van der Waals surface area contributed by atoms with Gasteiger partial charge in [0.05, 0.1) is 5.52 Å². The first kappa shape index (κ1) is 12.5. The molecule has 1 aromatic heterocycles. The summed E-state index contributed by atoms with van der Waals surface area (Å²) in [6, 6.07) is 17.2. The summed E-state index contributed by atoms with van der Waals surface area (Å²) in [6.07, 6.45) is 0. The molecule has 0 aliphatic heterocycles. The number of hydrogen-bond acceptors (Lipinski definition) is 3. The molecule has 0 unspecified atom stereocenters. The van der Waals surface area contributed by atoms with Gasteiger partial charge in [0.25, 0.3) is 0 Å². The topological polar surface area (TPSA) is 62.7 Å². The highest BCUT2D eigenvalue weighted by Crippen LogP contribution is 2.34. The molecule has 96 valence electrons. The first-order valence-electron chi connectivity index (χ1n) is 6.05. The number of nitrogen functional groups attached to an aromatic ring is 1. The van der Waals surface area contributed by atoms with Gasteiger partial charge in [-0.1, -0.05) is 41.9 Å². The van der Waals surface area contributed by atoms with Crippen LogP contribution in [0.15, 0.2) is 48.5 Å². The Morgan fingerprint density at radius 3 is 2.55 bits per heavy atom. The minimum absolute atomic E-state index is 0.237. The van der Waals surface area contributed by atoms with Gasteiger partial charge in [-0.05, 0) is 23.8 Å². The average molecular weight is 280 g/mol. The van der Waals surface area contributed by atoms with E-state index in [2.05, 4.69) is 11.1 Å². The first-order valence-corrected chi connectivity index (χ1v) is 6.43. The minimum Gasteiger partial charge on any atom is -0.383 e. The molecule has 0 radical (unpaired) electrons. The molecule has 1 heterocycles. The maximum atomic E-state index is 9.39. The smallest absolute Gasteiger partial charge is 0.142 e. The summed E-state index contributed by atoms with van der Waals surface area (Å²) in [5, 5.41) is 10.8. The number of nitrogens with zero attached hydrogens (tertiary/aromatic N) is 2. The molecule has 3 aromatic rings. The van der Waals surface area contributed by atoms with Crippen molar-refractivity contribution in [2.45, 2.75) is 0 Å². The van der Waals surface area contributed by atoms with Crippen LogP contribution in [0, 0.1) is 11.3 Å². The second-order valence-corrected chi connectivity index (χ2v) is 4.82. The van der Waals surface area contributed by atoms with Crippen LogP contribution in [0.5, 0.6) is 0 Å². The SMILES string of the molecule is N#Cc1c(N)nc2ccc(Cl)cc2c1-c1ccccc1. The predicted molar refractivity (Wildman–Crippen MR) is 81.3 cm³/mol. The van der Waals surface area contributed by atoms with Gasteiger partial charge in [-0.25, -0.2) is 4.98 Å². The molecule has 4 heteroatoms. The summed E-state index contributed by atoms with van der Waals surface area (Å²) in [5.41, 5.74) is 8.71. The molecular formula is C16H10ClN3. The number of anilines is 1. The van der Waals surface area contributed by atoms with Crippen LogP contribution >= 0.6 is 11.6 Å². The zero-order valence-corrected chi connectivity index (χ0v) is 11.2. The minimum atomic E-state index is 0.237. The van der Waals surface area contributed by atoms with Crippen LogP contribution in [0.25, 0.3) is 22.0 Å². The number of nitrogens with two attached hydrogens (primary N) is 1. The molecule has 20 heavy (non-hydrogen) atoms. The molecule has 3 rings (SSSR count). The molecule has 0 spiro atoms. The summed E-state index contributed by atoms with van der Waals surface area (Å²) >= 11 is 6.07. The third kappa shape index (κ3) is 1.97. The van der Waals surface area contributed by atoms with Gasteiger partial charge in [-0.15, -0.1) is 0 Å². The van der Waals surface area contributed by atoms with E-state index in [1.165, 1.54) is 0 Å². The molecule has 0 saturated heterocycles. The van der Waals surface area contributed by atoms with Gasteiger partial charge in [-0.3, -0.25) is 0 Å². The van der Waals surface area contributed by atoms with E-state index in [4.69, 9.17) is 17.3 Å². The number of nitriles is 1. The average Bonchev–Trinajstić information content (AvgIpc) is 2.47. The Balaban J connectivity index is 2.49. The number of pyridine rings is 1. The zero-order chi connectivity index (χ0) is 14.1. The Morgan fingerprint density at radius 2 is 1.85 bits per heavy atom. The molecule has 3 nitrogen and oxygen atoms in total. The van der Waals surface area contributed by atoms with Gasteiger partial charge in [0, 0.05) is 16.0 Å². The second kappa shape index (κ2) is 4.84. The Kier molecular flexibility index (Phi) is 3.02. The molecule has 2 N–H and O–H groups in total. The van der Waals surface area contributed by atoms with Gasteiger partial charge < -0.3 is 5.73 Å². The van der Waals surface area contributed by atoms with E-state index < -0.39 is 0 Å². The molecule has 0 aliphatic carbocycles. The number of rotatable bonds is 1. The lowest BCUT2D eigenvalue weighted by atomic mass is 9.96. The third-order valence-corrected chi connectivity index (χ3v) is 3.38. The van der Waals surface area contributed by atoms with E-state index in [9.17, 15) is 5.26 Å². The van der Waals surface area contributed by atoms with Crippen molar-refractivity contribution < 1.29 is 0 Å². The monoisotopic (exact) mass is 279 g/mol. The summed E-state index contributed by atoms with van der Waals surface area (Å²) in [5.74, 6) is 0.237. The van der Waals surface area contributed by atoms with Gasteiger partial charge in [0.1, 0.15) is 17.5 Å². The fraction of sp³-hybridized carbons (Fsp3) is 0. The van der Waals surface area contributed by atoms with Crippen molar-refractivity contribution in [1.82, 2.24) is 4.98 Å². The molecule has 2 aromatic carbocycles. The fourth-order valence-corrected chi connectivity index (χ4v) is 2.44. The van der Waals surface area contributed by atoms with E-state index in [1.807, 2.05) is 42.5 Å². The first-order chi connectivity index (χ1) is 9.70. The Bertz CT molecular complexity index is 836. The lowest BCUT2D eigenvalue weighted by Crippen LogP contribution is -1.99. The van der Waals surface area contributed by atoms with Gasteiger partial charge in [0.2, 0.25) is 0 Å². The van der Waals surface area contributed by atoms with E-state index in [0.717, 1.165) is 22.0 Å². The molecule has 0 amide bonds. The number of halogens is 1. The summed E-state index contributed by atoms with van der Waals surface area (Å²) in [4.78, 5) is 4.27. The van der Waals surface area contributed by atoms with Crippen LogP contribution in [0.4, 0.5) is 5.82 Å². The number of aromatic nitrogens is 1. The standard InChI is InChI=1S/C16H10ClN3/c17-11-6-7-14-12(8-11)15(10-4-2-1-3-5-10)13(9-18)16(19)20-14/h1-8H,(H2,19,20). The third-order valence-electron chi connectivity index (χ3n) is 3.15. The van der Waals surface area contributed by atoms with Crippen LogP contribution in [0.2, 0.25) is 5.02 Å². The normalized spacial score (nSPS) is 10.4. The van der Waals surface area contributed by atoms with Crippen LogP contribution in [0.3, 0.4) is 0 Å². The fourth-order valence-electron chi connectivity index (χ4n) is 2.27. The highest BCUT2D eigenvalue weighted by atomic mass is 35.5. The maximum Gasteiger partial charge on any atom is 0.142 e. The number of fused-ring (bicyclic) bond motifs is 1. The van der Waals surface area contributed by atoms with Crippen molar-refractivity contribution in [1.29, 1.82) is 5.26 Å². The summed E-state index contributed by atoms with van der Waals surface area (Å²) < 4.78 is 0. The van der Waals surface area contributed by atoms with Crippen LogP contribution in [-0.2, 0) is 0 Å². The molecule has 0 bridgehead atoms. The highest BCUT2D eigenvalue weighted by molar-refractivity contribution is 6.31. The zero-order valence-electron chi connectivity index (χ0n) is 10.5. The van der Waals surface area contributed by atoms with Crippen molar-refractivity contribution in [3.8, 4) is 17.2 Å². The van der Waals surface area contributed by atoms with Gasteiger partial charge in [-0.2, -0.15) is 5.26 Å². The largest absolute Gasteiger partial charge is 0.383 e. The lowest BCUT2D eigenvalue weighted by Gasteiger charge is -2.11. The van der Waals surface area contributed by atoms with Crippen LogP contribution in [-0.4, -0.2) is 4.98 Å². The number of benzene rings is 2. The quantitative estimate of drug-likeness (QED) is 0.732. The summed E-state index contributed by atoms with van der Waals surface area (Å²) in [6.45, 7) is 0. The second-order valence-electron chi connectivity index (χ2n) is 4.39.